The molecule has 0 N–H and O–H groups in total. The monoisotopic (exact) mass is 331 g/mol. The summed E-state index contributed by atoms with van der Waals surface area (Å²) in [7, 11) is 1.53. The van der Waals surface area contributed by atoms with Crippen LogP contribution in [0, 0.1) is 23.1 Å². The Morgan fingerprint density at radius 2 is 1.92 bits per heavy atom. The van der Waals surface area contributed by atoms with Crippen LogP contribution in [0.2, 0.25) is 0 Å². The molecule has 1 saturated carbocycles. The van der Waals surface area contributed by atoms with Crippen LogP contribution in [0.15, 0.2) is 18.2 Å². The highest BCUT2D eigenvalue weighted by Gasteiger charge is 2.38. The van der Waals surface area contributed by atoms with E-state index in [1.54, 1.807) is 12.1 Å². The topological polar surface area (TPSA) is 33.0 Å². The van der Waals surface area contributed by atoms with Crippen molar-refractivity contribution in [3.05, 3.63) is 29.6 Å². The van der Waals surface area contributed by atoms with Gasteiger partial charge in [-0.2, -0.15) is 5.26 Å². The number of nitrogens with zero attached hydrogens (tertiary/aromatic N) is 1. The normalized spacial score (nSPS) is 23.7. The van der Waals surface area contributed by atoms with Gasteiger partial charge in [-0.15, -0.1) is 0 Å². The molecule has 0 heterocycles. The van der Waals surface area contributed by atoms with E-state index in [1.807, 2.05) is 0 Å². The lowest BCUT2D eigenvalue weighted by atomic mass is 9.66. The van der Waals surface area contributed by atoms with Crippen LogP contribution in [0.5, 0.6) is 5.75 Å². The maximum Gasteiger partial charge on any atom is 0.131 e. The average Bonchev–Trinajstić information content (AvgIpc) is 2.62. The van der Waals surface area contributed by atoms with Gasteiger partial charge in [0.2, 0.25) is 0 Å². The third-order valence-electron chi connectivity index (χ3n) is 5.58. The van der Waals surface area contributed by atoms with Crippen molar-refractivity contribution in [3.8, 4) is 11.8 Å². The first-order chi connectivity index (χ1) is 11.6. The Labute approximate surface area is 146 Å². The summed E-state index contributed by atoms with van der Waals surface area (Å²) in [6.45, 7) is 2.24. The minimum absolute atomic E-state index is 0.311. The molecule has 2 rings (SSSR count). The van der Waals surface area contributed by atoms with E-state index in [9.17, 15) is 9.65 Å². The van der Waals surface area contributed by atoms with E-state index < -0.39 is 5.41 Å². The fourth-order valence-electron chi connectivity index (χ4n) is 3.95. The first-order valence-electron chi connectivity index (χ1n) is 9.40. The molecule has 0 saturated heterocycles. The van der Waals surface area contributed by atoms with Gasteiger partial charge in [-0.1, -0.05) is 51.5 Å². The second-order valence-corrected chi connectivity index (χ2v) is 7.19. The lowest BCUT2D eigenvalue weighted by Crippen LogP contribution is -2.31. The molecule has 3 heteroatoms. The van der Waals surface area contributed by atoms with E-state index in [-0.39, 0.29) is 5.82 Å². The van der Waals surface area contributed by atoms with Crippen molar-refractivity contribution in [3.63, 3.8) is 0 Å². The lowest BCUT2D eigenvalue weighted by Gasteiger charge is -2.35. The third kappa shape index (κ3) is 4.50. The highest BCUT2D eigenvalue weighted by atomic mass is 19.1. The Balaban J connectivity index is 1.93. The van der Waals surface area contributed by atoms with Crippen LogP contribution in [0.25, 0.3) is 0 Å². The van der Waals surface area contributed by atoms with Crippen molar-refractivity contribution in [2.75, 3.05) is 7.11 Å². The zero-order valence-electron chi connectivity index (χ0n) is 15.1. The fraction of sp³-hybridized carbons (Fsp3) is 0.667. The molecular weight excluding hydrogens is 301 g/mol. The summed E-state index contributed by atoms with van der Waals surface area (Å²) >= 11 is 0. The van der Waals surface area contributed by atoms with Crippen molar-refractivity contribution in [2.45, 2.75) is 76.5 Å². The Morgan fingerprint density at radius 1 is 1.21 bits per heavy atom. The number of rotatable bonds is 8. The van der Waals surface area contributed by atoms with Gasteiger partial charge in [0.15, 0.2) is 0 Å². The standard InChI is InChI=1S/C21H30FNO/c1-3-4-5-6-7-8-17-11-13-21(16-23,14-12-17)19-10-9-18(24-2)15-20(19)22/h9-10,15,17H,3-8,11-14H2,1-2H3/t17-,21+. The summed E-state index contributed by atoms with van der Waals surface area (Å²) in [5.74, 6) is 0.897. The zero-order chi connectivity index (χ0) is 17.4. The second-order valence-electron chi connectivity index (χ2n) is 7.19. The molecule has 2 nitrogen and oxygen atoms in total. The van der Waals surface area contributed by atoms with Crippen LogP contribution >= 0.6 is 0 Å². The Bertz CT molecular complexity index is 555. The third-order valence-corrected chi connectivity index (χ3v) is 5.58. The van der Waals surface area contributed by atoms with Crippen molar-refractivity contribution in [2.24, 2.45) is 5.92 Å². The van der Waals surface area contributed by atoms with Gasteiger partial charge in [-0.05, 0) is 37.7 Å². The van der Waals surface area contributed by atoms with Crippen molar-refractivity contribution in [1.82, 2.24) is 0 Å². The van der Waals surface area contributed by atoms with Gasteiger partial charge in [-0.3, -0.25) is 0 Å². The van der Waals surface area contributed by atoms with Gasteiger partial charge in [0, 0.05) is 11.6 Å². The Hall–Kier alpha value is -1.56. The smallest absolute Gasteiger partial charge is 0.131 e. The molecule has 24 heavy (non-hydrogen) atoms. The molecule has 0 aliphatic heterocycles. The summed E-state index contributed by atoms with van der Waals surface area (Å²) in [4.78, 5) is 0. The van der Waals surface area contributed by atoms with E-state index in [0.29, 0.717) is 17.2 Å². The summed E-state index contributed by atoms with van der Waals surface area (Å²) in [5, 5.41) is 9.76. The molecule has 0 radical (unpaired) electrons. The minimum Gasteiger partial charge on any atom is -0.497 e. The van der Waals surface area contributed by atoms with Gasteiger partial charge in [0.1, 0.15) is 11.6 Å². The summed E-state index contributed by atoms with van der Waals surface area (Å²) in [6.07, 6.45) is 11.4. The molecule has 0 spiro atoms. The molecule has 132 valence electrons. The molecule has 0 amide bonds. The number of hydrogen-bond acceptors (Lipinski definition) is 2. The quantitative estimate of drug-likeness (QED) is 0.535. The van der Waals surface area contributed by atoms with Gasteiger partial charge in [-0.25, -0.2) is 4.39 Å². The van der Waals surface area contributed by atoms with Crippen LogP contribution in [-0.2, 0) is 5.41 Å². The molecule has 0 aromatic heterocycles. The number of benzene rings is 1. The molecule has 0 unspecified atom stereocenters. The number of methoxy groups -OCH3 is 1. The first kappa shape index (κ1) is 18.8. The number of nitriles is 1. The fourth-order valence-corrected chi connectivity index (χ4v) is 3.95. The molecule has 0 atom stereocenters. The van der Waals surface area contributed by atoms with Crippen LogP contribution in [0.3, 0.4) is 0 Å². The number of hydrogen-bond donors (Lipinski definition) is 0. The molecule has 0 bridgehead atoms. The Morgan fingerprint density at radius 3 is 2.50 bits per heavy atom. The predicted octanol–water partition coefficient (Wildman–Crippen LogP) is 6.15. The van der Waals surface area contributed by atoms with Crippen molar-refractivity contribution in [1.29, 1.82) is 5.26 Å². The number of halogens is 1. The lowest BCUT2D eigenvalue weighted by molar-refractivity contribution is 0.256. The zero-order valence-corrected chi connectivity index (χ0v) is 15.1. The van der Waals surface area contributed by atoms with Gasteiger partial charge < -0.3 is 4.74 Å². The molecule has 1 aromatic rings. The number of ether oxygens (including phenoxy) is 1. The molecular formula is C21H30FNO. The largest absolute Gasteiger partial charge is 0.497 e. The van der Waals surface area contributed by atoms with Gasteiger partial charge >= 0.3 is 0 Å². The minimum atomic E-state index is -0.658. The van der Waals surface area contributed by atoms with Crippen LogP contribution in [-0.4, -0.2) is 7.11 Å². The highest BCUT2D eigenvalue weighted by molar-refractivity contribution is 5.38. The van der Waals surface area contributed by atoms with Gasteiger partial charge in [0.25, 0.3) is 0 Å². The summed E-state index contributed by atoms with van der Waals surface area (Å²) < 4.78 is 19.5. The predicted molar refractivity (Wildman–Crippen MR) is 95.6 cm³/mol. The highest BCUT2D eigenvalue weighted by Crippen LogP contribution is 2.43. The van der Waals surface area contributed by atoms with Crippen LogP contribution in [0.1, 0.15) is 76.7 Å². The van der Waals surface area contributed by atoms with E-state index in [4.69, 9.17) is 4.74 Å². The van der Waals surface area contributed by atoms with Crippen molar-refractivity contribution < 1.29 is 9.13 Å². The maximum atomic E-state index is 14.4. The summed E-state index contributed by atoms with van der Waals surface area (Å²) in [6, 6.07) is 7.33. The van der Waals surface area contributed by atoms with E-state index >= 15 is 0 Å². The SMILES string of the molecule is CCCCCCC[C@H]1CC[C@@](C#N)(c2ccc(OC)cc2F)CC1. The molecule has 1 aliphatic carbocycles. The maximum absolute atomic E-state index is 14.4. The van der Waals surface area contributed by atoms with E-state index in [2.05, 4.69) is 13.0 Å². The molecule has 1 aliphatic rings. The van der Waals surface area contributed by atoms with Crippen molar-refractivity contribution >= 4 is 0 Å². The van der Waals surface area contributed by atoms with Crippen LogP contribution in [0.4, 0.5) is 4.39 Å². The Kier molecular flexibility index (Phi) is 7.09. The van der Waals surface area contributed by atoms with E-state index in [1.165, 1.54) is 51.7 Å². The summed E-state index contributed by atoms with van der Waals surface area (Å²) in [5.41, 5.74) is -0.109. The first-order valence-corrected chi connectivity index (χ1v) is 9.40. The van der Waals surface area contributed by atoms with Gasteiger partial charge in [0.05, 0.1) is 18.6 Å². The second kappa shape index (κ2) is 9.06. The van der Waals surface area contributed by atoms with E-state index in [0.717, 1.165) is 25.7 Å². The average molecular weight is 331 g/mol. The molecule has 1 fully saturated rings. The molecule has 1 aromatic carbocycles. The number of unbranched alkanes of at least 4 members (excludes halogenated alkanes) is 4. The van der Waals surface area contributed by atoms with Crippen LogP contribution < -0.4 is 4.74 Å².